The third kappa shape index (κ3) is 1.44. The van der Waals surface area contributed by atoms with Gasteiger partial charge in [-0.05, 0) is 38.0 Å². The largest absolute Gasteiger partial charge is 0.245 e. The predicted octanol–water partition coefficient (Wildman–Crippen LogP) is 3.13. The molecule has 72 valence electrons. The molecule has 2 rings (SSSR count). The third-order valence-electron chi connectivity index (χ3n) is 2.50. The highest BCUT2D eigenvalue weighted by molar-refractivity contribution is 7.15. The van der Waals surface area contributed by atoms with Crippen molar-refractivity contribution in [1.82, 2.24) is 9.97 Å². The summed E-state index contributed by atoms with van der Waals surface area (Å²) in [5.41, 5.74) is 3.74. The monoisotopic (exact) mass is 204 g/mol. The number of hydrogen-bond donors (Lipinski definition) is 0. The number of hydrogen-bond acceptors (Lipinski definition) is 3. The fourth-order valence-electron chi connectivity index (χ4n) is 1.41. The summed E-state index contributed by atoms with van der Waals surface area (Å²) in [5, 5.41) is 0. The van der Waals surface area contributed by atoms with E-state index in [-0.39, 0.29) is 0 Å². The predicted molar refractivity (Wildman–Crippen MR) is 59.6 cm³/mol. The molecule has 0 atom stereocenters. The van der Waals surface area contributed by atoms with Crippen LogP contribution < -0.4 is 0 Å². The summed E-state index contributed by atoms with van der Waals surface area (Å²) in [6.07, 6.45) is 3.38. The van der Waals surface area contributed by atoms with E-state index in [0.717, 1.165) is 5.69 Å². The SMILES string of the molecule is Cc1sc(-c2ccncn2)c(C)c1C. The van der Waals surface area contributed by atoms with Gasteiger partial charge in [0.2, 0.25) is 0 Å². The van der Waals surface area contributed by atoms with Crippen LogP contribution in [0, 0.1) is 20.8 Å². The number of aromatic nitrogens is 2. The summed E-state index contributed by atoms with van der Waals surface area (Å²) in [4.78, 5) is 10.8. The van der Waals surface area contributed by atoms with Gasteiger partial charge in [-0.25, -0.2) is 9.97 Å². The Morgan fingerprint density at radius 2 is 1.93 bits per heavy atom. The smallest absolute Gasteiger partial charge is 0.116 e. The Labute approximate surface area is 87.7 Å². The Hall–Kier alpha value is -1.22. The maximum atomic E-state index is 4.26. The first kappa shape index (κ1) is 9.34. The van der Waals surface area contributed by atoms with Crippen LogP contribution in [0.3, 0.4) is 0 Å². The molecule has 0 aliphatic rings. The lowest BCUT2D eigenvalue weighted by Gasteiger charge is -1.97. The molecule has 0 bridgehead atoms. The molecule has 0 aliphatic heterocycles. The Kier molecular flexibility index (Phi) is 2.33. The topological polar surface area (TPSA) is 25.8 Å². The van der Waals surface area contributed by atoms with Crippen molar-refractivity contribution in [3.63, 3.8) is 0 Å². The summed E-state index contributed by atoms with van der Waals surface area (Å²) in [6, 6.07) is 1.96. The molecule has 0 N–H and O–H groups in total. The average molecular weight is 204 g/mol. The zero-order chi connectivity index (χ0) is 10.1. The van der Waals surface area contributed by atoms with Crippen molar-refractivity contribution >= 4 is 11.3 Å². The summed E-state index contributed by atoms with van der Waals surface area (Å²) in [7, 11) is 0. The van der Waals surface area contributed by atoms with Gasteiger partial charge in [0.25, 0.3) is 0 Å². The molecule has 0 amide bonds. The summed E-state index contributed by atoms with van der Waals surface area (Å²) >= 11 is 1.80. The van der Waals surface area contributed by atoms with Crippen molar-refractivity contribution < 1.29 is 0 Å². The lowest BCUT2D eigenvalue weighted by atomic mass is 10.1. The zero-order valence-corrected chi connectivity index (χ0v) is 9.35. The van der Waals surface area contributed by atoms with E-state index in [0.29, 0.717) is 0 Å². The molecule has 0 saturated heterocycles. The molecule has 2 heterocycles. The molecule has 0 aliphatic carbocycles. The van der Waals surface area contributed by atoms with Crippen molar-refractivity contribution in [2.24, 2.45) is 0 Å². The normalized spacial score (nSPS) is 10.5. The van der Waals surface area contributed by atoms with E-state index < -0.39 is 0 Å². The van der Waals surface area contributed by atoms with Crippen molar-refractivity contribution in [1.29, 1.82) is 0 Å². The standard InChI is InChI=1S/C11H12N2S/c1-7-8(2)11(14-9(7)3)10-4-5-12-6-13-10/h4-6H,1-3H3. The Morgan fingerprint density at radius 3 is 2.43 bits per heavy atom. The maximum Gasteiger partial charge on any atom is 0.116 e. The summed E-state index contributed by atoms with van der Waals surface area (Å²) in [6.45, 7) is 6.46. The van der Waals surface area contributed by atoms with Gasteiger partial charge in [0, 0.05) is 11.1 Å². The van der Waals surface area contributed by atoms with E-state index in [1.807, 2.05) is 6.07 Å². The summed E-state index contributed by atoms with van der Waals surface area (Å²) in [5.74, 6) is 0. The molecule has 0 radical (unpaired) electrons. The molecule has 0 unspecified atom stereocenters. The number of rotatable bonds is 1. The second kappa shape index (κ2) is 3.50. The first-order valence-electron chi connectivity index (χ1n) is 4.53. The van der Waals surface area contributed by atoms with Crippen LogP contribution in [-0.2, 0) is 0 Å². The second-order valence-corrected chi connectivity index (χ2v) is 4.56. The molecule has 0 fully saturated rings. The molecule has 2 nitrogen and oxygen atoms in total. The van der Waals surface area contributed by atoms with Gasteiger partial charge in [-0.1, -0.05) is 0 Å². The van der Waals surface area contributed by atoms with E-state index in [1.54, 1.807) is 23.9 Å². The molecule has 2 aromatic heterocycles. The second-order valence-electron chi connectivity index (χ2n) is 3.33. The minimum absolute atomic E-state index is 1.03. The van der Waals surface area contributed by atoms with E-state index in [9.17, 15) is 0 Å². The van der Waals surface area contributed by atoms with Crippen LogP contribution in [0.15, 0.2) is 18.6 Å². The van der Waals surface area contributed by atoms with Gasteiger partial charge in [0.1, 0.15) is 6.33 Å². The van der Waals surface area contributed by atoms with Crippen LogP contribution in [0.25, 0.3) is 10.6 Å². The first-order chi connectivity index (χ1) is 6.70. The molecule has 14 heavy (non-hydrogen) atoms. The van der Waals surface area contributed by atoms with Gasteiger partial charge >= 0.3 is 0 Å². The lowest BCUT2D eigenvalue weighted by Crippen LogP contribution is -1.83. The molecule has 0 spiro atoms. The van der Waals surface area contributed by atoms with Gasteiger partial charge in [-0.3, -0.25) is 0 Å². The Bertz CT molecular complexity index is 446. The van der Waals surface area contributed by atoms with Crippen LogP contribution in [0.4, 0.5) is 0 Å². The van der Waals surface area contributed by atoms with Crippen LogP contribution in [-0.4, -0.2) is 9.97 Å². The van der Waals surface area contributed by atoms with E-state index in [2.05, 4.69) is 30.7 Å². The zero-order valence-electron chi connectivity index (χ0n) is 8.53. The molecule has 2 aromatic rings. The molecule has 3 heteroatoms. The highest BCUT2D eigenvalue weighted by Gasteiger charge is 2.10. The summed E-state index contributed by atoms with van der Waals surface area (Å²) < 4.78 is 0. The average Bonchev–Trinajstić information content (AvgIpc) is 2.47. The fraction of sp³-hybridized carbons (Fsp3) is 0.273. The van der Waals surface area contributed by atoms with Crippen LogP contribution >= 0.6 is 11.3 Å². The Morgan fingerprint density at radius 1 is 1.14 bits per heavy atom. The highest BCUT2D eigenvalue weighted by atomic mass is 32.1. The number of aryl methyl sites for hydroxylation is 1. The first-order valence-corrected chi connectivity index (χ1v) is 5.34. The van der Waals surface area contributed by atoms with Gasteiger partial charge in [-0.2, -0.15) is 0 Å². The number of thiophene rings is 1. The highest BCUT2D eigenvalue weighted by Crippen LogP contribution is 2.33. The molecule has 0 saturated carbocycles. The molecule has 0 aromatic carbocycles. The quantitative estimate of drug-likeness (QED) is 0.713. The molecular weight excluding hydrogens is 192 g/mol. The van der Waals surface area contributed by atoms with Gasteiger partial charge in [0.05, 0.1) is 10.6 Å². The van der Waals surface area contributed by atoms with Crippen LogP contribution in [0.5, 0.6) is 0 Å². The van der Waals surface area contributed by atoms with Gasteiger partial charge in [-0.15, -0.1) is 11.3 Å². The van der Waals surface area contributed by atoms with Crippen molar-refractivity contribution in [2.75, 3.05) is 0 Å². The van der Waals surface area contributed by atoms with Crippen molar-refractivity contribution in [2.45, 2.75) is 20.8 Å². The maximum absolute atomic E-state index is 4.26. The van der Waals surface area contributed by atoms with Crippen molar-refractivity contribution in [3.8, 4) is 10.6 Å². The van der Waals surface area contributed by atoms with E-state index >= 15 is 0 Å². The minimum Gasteiger partial charge on any atom is -0.245 e. The number of nitrogens with zero attached hydrogens (tertiary/aromatic N) is 2. The van der Waals surface area contributed by atoms with Crippen LogP contribution in [0.1, 0.15) is 16.0 Å². The van der Waals surface area contributed by atoms with Gasteiger partial charge < -0.3 is 0 Å². The molecular formula is C11H12N2S. The van der Waals surface area contributed by atoms with E-state index in [1.165, 1.54) is 20.9 Å². The Balaban J connectivity index is 2.58. The third-order valence-corrected chi connectivity index (χ3v) is 3.83. The lowest BCUT2D eigenvalue weighted by molar-refractivity contribution is 1.17. The minimum atomic E-state index is 1.03. The van der Waals surface area contributed by atoms with Crippen LogP contribution in [0.2, 0.25) is 0 Å². The van der Waals surface area contributed by atoms with Crippen molar-refractivity contribution in [3.05, 3.63) is 34.6 Å². The van der Waals surface area contributed by atoms with E-state index in [4.69, 9.17) is 0 Å². The fourth-order valence-corrected chi connectivity index (χ4v) is 2.55. The van der Waals surface area contributed by atoms with Gasteiger partial charge in [0.15, 0.2) is 0 Å².